The Morgan fingerprint density at radius 2 is 1.71 bits per heavy atom. The normalized spacial score (nSPS) is 16.0. The van der Waals surface area contributed by atoms with Crippen LogP contribution in [0.3, 0.4) is 0 Å². The van der Waals surface area contributed by atoms with Crippen LogP contribution in [-0.4, -0.2) is 26.5 Å². The lowest BCUT2D eigenvalue weighted by Crippen LogP contribution is -2.16. The fourth-order valence-corrected chi connectivity index (χ4v) is 2.79. The number of benzene rings is 2. The third-order valence-electron chi connectivity index (χ3n) is 3.82. The summed E-state index contributed by atoms with van der Waals surface area (Å²) in [6, 6.07) is 13.3. The molecule has 3 rings (SSSR count). The van der Waals surface area contributed by atoms with Crippen molar-refractivity contribution in [2.75, 3.05) is 26.1 Å². The number of fused-ring (bicyclic) bond motifs is 1. The number of hydrogen-bond acceptors (Lipinski definition) is 4. The van der Waals surface area contributed by atoms with Crippen LogP contribution in [0.4, 0.5) is 5.69 Å². The predicted octanol–water partition coefficient (Wildman–Crippen LogP) is 3.10. The monoisotopic (exact) mass is 283 g/mol. The highest BCUT2D eigenvalue weighted by atomic mass is 16.5. The van der Waals surface area contributed by atoms with E-state index in [1.807, 2.05) is 30.3 Å². The molecular weight excluding hydrogens is 266 g/mol. The Labute approximate surface area is 123 Å². The molecule has 0 saturated carbocycles. The van der Waals surface area contributed by atoms with Crippen LogP contribution >= 0.6 is 0 Å². The van der Waals surface area contributed by atoms with Gasteiger partial charge >= 0.3 is 0 Å². The van der Waals surface area contributed by atoms with Gasteiger partial charge < -0.3 is 14.8 Å². The number of rotatable bonds is 4. The highest BCUT2D eigenvalue weighted by molar-refractivity contribution is 6.07. The Kier molecular flexibility index (Phi) is 3.52. The number of ether oxygens (including phenoxy) is 2. The maximum atomic E-state index is 13.0. The van der Waals surface area contributed by atoms with Crippen LogP contribution in [0, 0.1) is 0 Å². The molecule has 0 spiro atoms. The van der Waals surface area contributed by atoms with Crippen molar-refractivity contribution in [2.45, 2.75) is 5.92 Å². The molecule has 2 aromatic carbocycles. The van der Waals surface area contributed by atoms with Crippen molar-refractivity contribution in [2.24, 2.45) is 0 Å². The van der Waals surface area contributed by atoms with Crippen LogP contribution in [0.2, 0.25) is 0 Å². The molecule has 1 aliphatic rings. The van der Waals surface area contributed by atoms with Crippen molar-refractivity contribution in [3.05, 3.63) is 53.6 Å². The van der Waals surface area contributed by atoms with Crippen LogP contribution in [-0.2, 0) is 0 Å². The second-order valence-electron chi connectivity index (χ2n) is 4.92. The number of ketones is 1. The number of anilines is 1. The molecule has 1 heterocycles. The molecular formula is C17H17NO3. The smallest absolute Gasteiger partial charge is 0.179 e. The molecule has 4 heteroatoms. The van der Waals surface area contributed by atoms with Gasteiger partial charge in [0.05, 0.1) is 20.1 Å². The second kappa shape index (κ2) is 5.48. The van der Waals surface area contributed by atoms with Gasteiger partial charge in [-0.3, -0.25) is 4.79 Å². The molecule has 0 saturated heterocycles. The largest absolute Gasteiger partial charge is 0.496 e. The molecule has 0 aromatic heterocycles. The molecule has 1 atom stereocenters. The van der Waals surface area contributed by atoms with Gasteiger partial charge in [0.15, 0.2) is 5.78 Å². The van der Waals surface area contributed by atoms with Gasteiger partial charge in [0.2, 0.25) is 0 Å². The predicted molar refractivity (Wildman–Crippen MR) is 81.5 cm³/mol. The summed E-state index contributed by atoms with van der Waals surface area (Å²) >= 11 is 0. The van der Waals surface area contributed by atoms with Gasteiger partial charge in [0.1, 0.15) is 17.1 Å². The van der Waals surface area contributed by atoms with Crippen molar-refractivity contribution in [3.8, 4) is 11.5 Å². The van der Waals surface area contributed by atoms with E-state index in [0.29, 0.717) is 23.6 Å². The van der Waals surface area contributed by atoms with E-state index in [0.717, 1.165) is 11.3 Å². The number of para-hydroxylation sites is 1. The molecule has 4 nitrogen and oxygen atoms in total. The standard InChI is InChI=1S/C17H17NO3/c1-20-14-8-5-9-15(21-2)16(14)17(19)12-10-18-13-7-4-3-6-11(12)13/h3-9,12,18H,10H2,1-2H3. The number of carbonyl (C=O) groups excluding carboxylic acids is 1. The minimum absolute atomic E-state index is 0.0155. The van der Waals surface area contributed by atoms with E-state index in [9.17, 15) is 4.79 Å². The maximum Gasteiger partial charge on any atom is 0.179 e. The molecule has 21 heavy (non-hydrogen) atoms. The molecule has 0 aliphatic carbocycles. The van der Waals surface area contributed by atoms with E-state index < -0.39 is 0 Å². The van der Waals surface area contributed by atoms with E-state index in [4.69, 9.17) is 9.47 Å². The van der Waals surface area contributed by atoms with E-state index in [-0.39, 0.29) is 11.7 Å². The zero-order chi connectivity index (χ0) is 14.8. The lowest BCUT2D eigenvalue weighted by molar-refractivity contribution is 0.0960. The number of hydrogen-bond donors (Lipinski definition) is 1. The van der Waals surface area contributed by atoms with Crippen molar-refractivity contribution in [1.29, 1.82) is 0 Å². The number of nitrogens with one attached hydrogen (secondary N) is 1. The maximum absolute atomic E-state index is 13.0. The Morgan fingerprint density at radius 3 is 2.38 bits per heavy atom. The van der Waals surface area contributed by atoms with E-state index in [1.165, 1.54) is 0 Å². The first-order valence-electron chi connectivity index (χ1n) is 6.84. The molecule has 0 radical (unpaired) electrons. The van der Waals surface area contributed by atoms with Crippen LogP contribution in [0.15, 0.2) is 42.5 Å². The summed E-state index contributed by atoms with van der Waals surface area (Å²) in [5.41, 5.74) is 2.55. The molecule has 1 aliphatic heterocycles. The van der Waals surface area contributed by atoms with Gasteiger partial charge in [0, 0.05) is 12.2 Å². The molecule has 0 amide bonds. The third-order valence-corrected chi connectivity index (χ3v) is 3.82. The van der Waals surface area contributed by atoms with Crippen LogP contribution < -0.4 is 14.8 Å². The molecule has 1 N–H and O–H groups in total. The lowest BCUT2D eigenvalue weighted by atomic mass is 9.91. The lowest BCUT2D eigenvalue weighted by Gasteiger charge is -2.15. The van der Waals surface area contributed by atoms with Crippen molar-refractivity contribution >= 4 is 11.5 Å². The zero-order valence-corrected chi connectivity index (χ0v) is 12.1. The van der Waals surface area contributed by atoms with Crippen molar-refractivity contribution < 1.29 is 14.3 Å². The number of carbonyl (C=O) groups is 1. The molecule has 0 fully saturated rings. The summed E-state index contributed by atoms with van der Waals surface area (Å²) in [5.74, 6) is 0.889. The highest BCUT2D eigenvalue weighted by Gasteiger charge is 2.32. The Hall–Kier alpha value is -2.49. The molecule has 108 valence electrons. The summed E-state index contributed by atoms with van der Waals surface area (Å²) in [7, 11) is 3.12. The van der Waals surface area contributed by atoms with E-state index in [1.54, 1.807) is 26.4 Å². The number of methoxy groups -OCH3 is 2. The highest BCUT2D eigenvalue weighted by Crippen LogP contribution is 2.38. The summed E-state index contributed by atoms with van der Waals surface area (Å²) in [4.78, 5) is 13.0. The van der Waals surface area contributed by atoms with Crippen LogP contribution in [0.25, 0.3) is 0 Å². The fourth-order valence-electron chi connectivity index (χ4n) is 2.79. The third kappa shape index (κ3) is 2.23. The molecule has 2 aromatic rings. The Bertz CT molecular complexity index is 659. The number of Topliss-reactive ketones (excluding diaryl/α,β-unsaturated/α-hetero) is 1. The molecule has 1 unspecified atom stereocenters. The summed E-state index contributed by atoms with van der Waals surface area (Å²) < 4.78 is 10.7. The van der Waals surface area contributed by atoms with Crippen LogP contribution in [0.1, 0.15) is 21.8 Å². The van der Waals surface area contributed by atoms with Gasteiger partial charge in [0.25, 0.3) is 0 Å². The second-order valence-corrected chi connectivity index (χ2v) is 4.92. The van der Waals surface area contributed by atoms with Crippen molar-refractivity contribution in [1.82, 2.24) is 0 Å². The minimum atomic E-state index is -0.216. The van der Waals surface area contributed by atoms with Gasteiger partial charge in [-0.2, -0.15) is 0 Å². The fraction of sp³-hybridized carbons (Fsp3) is 0.235. The van der Waals surface area contributed by atoms with Crippen LogP contribution in [0.5, 0.6) is 11.5 Å². The zero-order valence-electron chi connectivity index (χ0n) is 12.1. The first-order valence-corrected chi connectivity index (χ1v) is 6.84. The Morgan fingerprint density at radius 1 is 1.05 bits per heavy atom. The SMILES string of the molecule is COc1cccc(OC)c1C(=O)C1CNc2ccccc21. The van der Waals surface area contributed by atoms with Gasteiger partial charge in [-0.1, -0.05) is 24.3 Å². The summed E-state index contributed by atoms with van der Waals surface area (Å²) in [6.07, 6.45) is 0. The molecule has 0 bridgehead atoms. The quantitative estimate of drug-likeness (QED) is 0.876. The first kappa shape index (κ1) is 13.5. The minimum Gasteiger partial charge on any atom is -0.496 e. The topological polar surface area (TPSA) is 47.6 Å². The van der Waals surface area contributed by atoms with E-state index in [2.05, 4.69) is 5.32 Å². The average molecular weight is 283 g/mol. The first-order chi connectivity index (χ1) is 10.3. The summed E-state index contributed by atoms with van der Waals surface area (Å²) in [6.45, 7) is 0.597. The average Bonchev–Trinajstić information content (AvgIpc) is 2.97. The Balaban J connectivity index is 2.04. The van der Waals surface area contributed by atoms with Crippen molar-refractivity contribution in [3.63, 3.8) is 0 Å². The van der Waals surface area contributed by atoms with E-state index >= 15 is 0 Å². The van der Waals surface area contributed by atoms with Gasteiger partial charge in [-0.25, -0.2) is 0 Å². The van der Waals surface area contributed by atoms with Gasteiger partial charge in [-0.15, -0.1) is 0 Å². The summed E-state index contributed by atoms with van der Waals surface area (Å²) in [5, 5.41) is 3.27. The van der Waals surface area contributed by atoms with Gasteiger partial charge in [-0.05, 0) is 23.8 Å².